The number of likely N-dealkylation sites (N-methyl/N-ethyl adjacent to an activating group) is 11. The lowest BCUT2D eigenvalue weighted by atomic mass is 9.86. The summed E-state index contributed by atoms with van der Waals surface area (Å²) in [4.78, 5) is 272. The van der Waals surface area contributed by atoms with Gasteiger partial charge in [-0.15, -0.1) is 0 Å². The second kappa shape index (κ2) is 43.8. The Labute approximate surface area is 723 Å². The van der Waals surface area contributed by atoms with Crippen LogP contribution in [0, 0.1) is 5.92 Å². The topological polar surface area (TPSA) is 485 Å². The minimum atomic E-state index is -2.06. The highest BCUT2D eigenvalue weighted by atomic mass is 16.6. The number of rotatable bonds is 41. The molecule has 0 fully saturated rings. The van der Waals surface area contributed by atoms with Crippen molar-refractivity contribution in [3.05, 3.63) is 104 Å². The van der Waals surface area contributed by atoms with Gasteiger partial charge >= 0.3 is 12.1 Å². The Balaban J connectivity index is 0.985. The third-order valence-corrected chi connectivity index (χ3v) is 22.0. The Morgan fingerprint density at radius 2 is 1.04 bits per heavy atom. The molecule has 41 heteroatoms. The molecule has 2 aromatic heterocycles. The number of amides is 17. The molecule has 3 atom stereocenters. The molecule has 4 aromatic rings. The van der Waals surface area contributed by atoms with Gasteiger partial charge in [-0.1, -0.05) is 45.0 Å². The highest BCUT2D eigenvalue weighted by molar-refractivity contribution is 6.14. The van der Waals surface area contributed by atoms with Gasteiger partial charge in [0.1, 0.15) is 31.8 Å². The lowest BCUT2D eigenvalue weighted by molar-refractivity contribution is -0.172. The second-order valence-electron chi connectivity index (χ2n) is 32.2. The number of para-hydroxylation sites is 1. The molecule has 6 N–H and O–H groups in total. The van der Waals surface area contributed by atoms with Crippen LogP contribution in [0.2, 0.25) is 0 Å². The van der Waals surface area contributed by atoms with Crippen molar-refractivity contribution in [2.45, 2.75) is 124 Å². The van der Waals surface area contributed by atoms with E-state index in [0.29, 0.717) is 51.3 Å². The number of aromatic nitrogens is 2. The molecule has 41 nitrogen and oxygen atoms in total. The van der Waals surface area contributed by atoms with Crippen molar-refractivity contribution in [3.63, 3.8) is 0 Å². The summed E-state index contributed by atoms with van der Waals surface area (Å²) in [5.74, 6) is -11.9. The van der Waals surface area contributed by atoms with Crippen molar-refractivity contribution < 1.29 is 101 Å². The normalized spacial score (nSPS) is 14.0. The first-order valence-electron chi connectivity index (χ1n) is 40.6. The summed E-state index contributed by atoms with van der Waals surface area (Å²) in [6.07, 6.45) is 2.38. The number of esters is 1. The fourth-order valence-electron chi connectivity index (χ4n) is 13.6. The summed E-state index contributed by atoms with van der Waals surface area (Å²) < 4.78 is 12.9. The van der Waals surface area contributed by atoms with Gasteiger partial charge in [0.15, 0.2) is 5.60 Å². The molecule has 2 aromatic carbocycles. The number of fused-ring (bicyclic) bond motifs is 5. The fourth-order valence-corrected chi connectivity index (χ4v) is 13.6. The van der Waals surface area contributed by atoms with Gasteiger partial charge < -0.3 is 99.6 Å². The Hall–Kier alpha value is -13.1. The van der Waals surface area contributed by atoms with Crippen molar-refractivity contribution in [2.24, 2.45) is 11.7 Å². The van der Waals surface area contributed by atoms with Crippen LogP contribution in [0.3, 0.4) is 0 Å². The number of ether oxygens (including phenoxy) is 2. The number of nitrogens with two attached hydrogens (primary N) is 1. The van der Waals surface area contributed by atoms with E-state index in [-0.39, 0.29) is 87.9 Å². The van der Waals surface area contributed by atoms with Gasteiger partial charge in [-0.05, 0) is 99.4 Å². The predicted octanol–water partition coefficient (Wildman–Crippen LogP) is -2.15. The van der Waals surface area contributed by atoms with Crippen LogP contribution in [0.1, 0.15) is 101 Å². The van der Waals surface area contributed by atoms with Crippen LogP contribution < -0.4 is 27.2 Å². The van der Waals surface area contributed by atoms with Crippen LogP contribution in [-0.2, 0) is 129 Å². The number of hydrogen-bond acceptors (Lipinski definition) is 24. The zero-order chi connectivity index (χ0) is 93.1. The van der Waals surface area contributed by atoms with Crippen LogP contribution in [0.15, 0.2) is 65.5 Å². The zero-order valence-electron chi connectivity index (χ0n) is 73.9. The standard InChI is InChI=1S/C84H115N19O22/c1-18-84(123)60-34-63-78-58(36-102(63)81(120)59(60)49-124-82(84)121)56(57-23-19-20-24-61(57)87-78)30-32-101(51(4)5)83(122)125-48-53-26-27-55(86-79(118)62(25-21-22-31-85)88-80(119)77(50(2)3)89-64(105)37-103-65(106)28-29-66(103)107)33-54(53)35-91(8)68(109)39-93(10)70(111)41-95(12)72(113)43-97(14)74(115)45-99(16)76(117)47-100(17)75(116)46-98(15)73(114)44-96(13)71(112)42-94(11)69(110)40-92(9)67(108)38-90(7)52(6)104/h19-20,23-24,26-29,33-34,50-51,62,77,123H,18,21-22,25,30-32,35-49,85H2,1-17H3,(H,86,118)(H,88,119)(H,89,105)/t62-,77-,84-/m0/s1. The molecule has 125 heavy (non-hydrogen) atoms. The van der Waals surface area contributed by atoms with Gasteiger partial charge in [-0.25, -0.2) is 14.6 Å². The number of carbonyl (C=O) groups excluding carboxylic acids is 18. The fraction of sp³-hybridized carbons (Fsp3) is 0.524. The molecular weight excluding hydrogens is 1630 g/mol. The summed E-state index contributed by atoms with van der Waals surface area (Å²) in [5, 5.41) is 20.5. The maximum Gasteiger partial charge on any atom is 0.410 e. The van der Waals surface area contributed by atoms with Gasteiger partial charge in [0, 0.05) is 138 Å². The minimum absolute atomic E-state index is 0.0520. The maximum atomic E-state index is 14.6. The summed E-state index contributed by atoms with van der Waals surface area (Å²) >= 11 is 0. The average Bonchev–Trinajstić information content (AvgIpc) is 1.59. The first kappa shape index (κ1) is 99.0. The number of pyridine rings is 2. The maximum absolute atomic E-state index is 14.6. The van der Waals surface area contributed by atoms with E-state index in [1.807, 2.05) is 24.3 Å². The molecule has 3 aliphatic rings. The van der Waals surface area contributed by atoms with E-state index in [1.165, 1.54) is 116 Å². The average molecular weight is 1740 g/mol. The molecule has 0 saturated carbocycles. The highest BCUT2D eigenvalue weighted by Crippen LogP contribution is 2.41. The molecule has 0 bridgehead atoms. The van der Waals surface area contributed by atoms with E-state index in [1.54, 1.807) is 46.8 Å². The second-order valence-corrected chi connectivity index (χ2v) is 32.2. The molecule has 0 unspecified atom stereocenters. The van der Waals surface area contributed by atoms with Crippen LogP contribution in [-0.4, -0.2) is 366 Å². The van der Waals surface area contributed by atoms with Crippen LogP contribution in [0.4, 0.5) is 10.5 Å². The number of benzene rings is 2. The summed E-state index contributed by atoms with van der Waals surface area (Å²) in [6, 6.07) is 10.7. The third kappa shape index (κ3) is 25.6. The number of nitrogens with one attached hydrogen (secondary N) is 3. The molecule has 5 heterocycles. The number of carbonyl (C=O) groups is 18. The summed E-state index contributed by atoms with van der Waals surface area (Å²) in [5.41, 5.74) is 7.43. The molecule has 17 amide bonds. The lowest BCUT2D eigenvalue weighted by Gasteiger charge is -2.31. The molecule has 7 rings (SSSR count). The van der Waals surface area contributed by atoms with Gasteiger partial charge in [0.25, 0.3) is 17.4 Å². The van der Waals surface area contributed by atoms with Crippen molar-refractivity contribution in [1.29, 1.82) is 0 Å². The van der Waals surface area contributed by atoms with E-state index in [0.717, 1.165) is 67.2 Å². The van der Waals surface area contributed by atoms with Crippen molar-refractivity contribution in [1.82, 2.24) is 83.9 Å². The number of anilines is 1. The van der Waals surface area contributed by atoms with E-state index < -0.39 is 201 Å². The number of nitrogens with zero attached hydrogens (tertiary/aromatic N) is 15. The van der Waals surface area contributed by atoms with Gasteiger partial charge in [-0.2, -0.15) is 0 Å². The Kier molecular flexibility index (Phi) is 34.7. The van der Waals surface area contributed by atoms with E-state index >= 15 is 0 Å². The third-order valence-electron chi connectivity index (χ3n) is 22.0. The number of aliphatic hydroxyl groups is 1. The SMILES string of the molecule is CC[C@@]1(O)C(=O)OCc2c1cc1n(c2=O)Cc2c-1nc1ccccc1c2CCN(C(=O)OCc1ccc(NC(=O)[C@H](CCCCN)NC(=O)[C@@H](NC(=O)CN2C(=O)C=CC2=O)C(C)C)cc1CN(C)C(=O)CN(C)C(=O)CN(C)C(=O)CN(C)C(=O)CN(C)C(=O)CN(C)C(=O)CN(C)C(=O)CN(C)C(=O)CN(C)C(=O)CN(C)C(=O)CN(C)C(C)=O)C(C)C. The number of unbranched alkanes of at least 4 members (excludes halogenated alkanes) is 1. The zero-order valence-corrected chi connectivity index (χ0v) is 73.9. The predicted molar refractivity (Wildman–Crippen MR) is 451 cm³/mol. The van der Waals surface area contributed by atoms with Gasteiger partial charge in [0.2, 0.25) is 82.7 Å². The Morgan fingerprint density at radius 3 is 1.49 bits per heavy atom. The Morgan fingerprint density at radius 1 is 0.576 bits per heavy atom. The molecule has 3 aliphatic heterocycles. The number of cyclic esters (lactones) is 1. The van der Waals surface area contributed by atoms with E-state index in [4.69, 9.17) is 20.2 Å². The summed E-state index contributed by atoms with van der Waals surface area (Å²) in [7, 11) is 14.7. The molecule has 678 valence electrons. The largest absolute Gasteiger partial charge is 0.458 e. The number of hydrogen-bond donors (Lipinski definition) is 5. The van der Waals surface area contributed by atoms with Crippen LogP contribution in [0.25, 0.3) is 22.3 Å². The lowest BCUT2D eigenvalue weighted by Crippen LogP contribution is -2.56. The number of imide groups is 1. The molecule has 0 spiro atoms. The van der Waals surface area contributed by atoms with Gasteiger partial charge in [-0.3, -0.25) is 86.4 Å². The van der Waals surface area contributed by atoms with Crippen molar-refractivity contribution in [3.8, 4) is 11.4 Å². The first-order chi connectivity index (χ1) is 58.7. The molecule has 0 radical (unpaired) electrons. The van der Waals surface area contributed by atoms with Gasteiger partial charge in [0.05, 0.1) is 94.5 Å². The molecule has 0 saturated heterocycles. The quantitative estimate of drug-likeness (QED) is 0.0158. The van der Waals surface area contributed by atoms with Crippen molar-refractivity contribution >= 4 is 123 Å². The molecular formula is C84H115N19O22. The Bertz CT molecular complexity index is 4930. The molecule has 0 aliphatic carbocycles. The highest BCUT2D eigenvalue weighted by Gasteiger charge is 2.46. The smallest absolute Gasteiger partial charge is 0.410 e. The van der Waals surface area contributed by atoms with E-state index in [9.17, 15) is 96.2 Å². The minimum Gasteiger partial charge on any atom is -0.458 e. The summed E-state index contributed by atoms with van der Waals surface area (Å²) in [6.45, 7) is 3.76. The first-order valence-corrected chi connectivity index (χ1v) is 40.6. The van der Waals surface area contributed by atoms with Crippen molar-refractivity contribution in [2.75, 3.05) is 168 Å². The van der Waals surface area contributed by atoms with E-state index in [2.05, 4.69) is 16.0 Å². The monoisotopic (exact) mass is 1740 g/mol. The van der Waals surface area contributed by atoms with Crippen LogP contribution in [0.5, 0.6) is 0 Å². The van der Waals surface area contributed by atoms with Crippen LogP contribution >= 0.6 is 0 Å².